The van der Waals surface area contributed by atoms with Crippen molar-refractivity contribution in [3.8, 4) is 5.75 Å². The number of piperidine rings is 1. The Balaban J connectivity index is 1.51. The fourth-order valence-electron chi connectivity index (χ4n) is 4.62. The van der Waals surface area contributed by atoms with Crippen LogP contribution >= 0.6 is 0 Å². The van der Waals surface area contributed by atoms with Gasteiger partial charge >= 0.3 is 0 Å². The molecule has 0 saturated carbocycles. The minimum Gasteiger partial charge on any atom is -0.487 e. The zero-order valence-electron chi connectivity index (χ0n) is 16.3. The van der Waals surface area contributed by atoms with E-state index < -0.39 is 6.10 Å². The van der Waals surface area contributed by atoms with E-state index in [0.717, 1.165) is 43.8 Å². The molecule has 1 amide bonds. The first kappa shape index (κ1) is 18.6. The number of anilines is 1. The Bertz CT molecular complexity index is 687. The standard InChI is InChI=1S/C21H30N2O4/c1-22(2)14-6-7-18-16(10-14)17-11-15(26-19(13-24)21(17)27-18)12-20(25)23-8-4-3-5-9-23/h6-7,10,15,17,19,21,24H,3-5,8-9,11-13H2,1-2H3/t15-,17-,19+,21+/m0/s1. The van der Waals surface area contributed by atoms with Crippen molar-refractivity contribution >= 4 is 11.6 Å². The van der Waals surface area contributed by atoms with Crippen LogP contribution in [0.15, 0.2) is 18.2 Å². The van der Waals surface area contributed by atoms with Crippen LogP contribution in [-0.2, 0) is 9.53 Å². The average Bonchev–Trinajstić information content (AvgIpc) is 3.06. The molecule has 3 heterocycles. The number of aliphatic hydroxyl groups excluding tert-OH is 1. The highest BCUT2D eigenvalue weighted by Gasteiger charge is 2.46. The quantitative estimate of drug-likeness (QED) is 0.875. The van der Waals surface area contributed by atoms with Gasteiger partial charge in [0.15, 0.2) is 0 Å². The lowest BCUT2D eigenvalue weighted by Crippen LogP contribution is -2.48. The second-order valence-corrected chi connectivity index (χ2v) is 8.17. The number of benzene rings is 1. The zero-order chi connectivity index (χ0) is 19.0. The Hall–Kier alpha value is -1.79. The van der Waals surface area contributed by atoms with E-state index in [0.29, 0.717) is 6.42 Å². The molecule has 3 aliphatic rings. The highest BCUT2D eigenvalue weighted by atomic mass is 16.6. The first-order valence-electron chi connectivity index (χ1n) is 10.1. The number of ether oxygens (including phenoxy) is 2. The predicted octanol–water partition coefficient (Wildman–Crippen LogP) is 2.15. The molecule has 1 aromatic rings. The highest BCUT2D eigenvalue weighted by molar-refractivity contribution is 5.76. The van der Waals surface area contributed by atoms with Crippen molar-refractivity contribution in [2.45, 2.75) is 56.3 Å². The summed E-state index contributed by atoms with van der Waals surface area (Å²) in [6.07, 6.45) is 3.80. The van der Waals surface area contributed by atoms with Gasteiger partial charge in [0.2, 0.25) is 5.91 Å². The van der Waals surface area contributed by atoms with E-state index in [2.05, 4.69) is 11.0 Å². The van der Waals surface area contributed by atoms with Crippen molar-refractivity contribution in [3.63, 3.8) is 0 Å². The van der Waals surface area contributed by atoms with Crippen molar-refractivity contribution in [2.24, 2.45) is 0 Å². The molecule has 6 heteroatoms. The number of hydrogen-bond donors (Lipinski definition) is 1. The number of amides is 1. The van der Waals surface area contributed by atoms with Gasteiger partial charge < -0.3 is 24.4 Å². The second kappa shape index (κ2) is 7.68. The van der Waals surface area contributed by atoms with Crippen LogP contribution < -0.4 is 9.64 Å². The van der Waals surface area contributed by atoms with E-state index in [9.17, 15) is 9.90 Å². The molecule has 6 nitrogen and oxygen atoms in total. The van der Waals surface area contributed by atoms with Crippen LogP contribution in [0.25, 0.3) is 0 Å². The molecule has 0 aromatic heterocycles. The van der Waals surface area contributed by atoms with Crippen molar-refractivity contribution in [1.82, 2.24) is 4.90 Å². The Kier molecular flexibility index (Phi) is 5.28. The summed E-state index contributed by atoms with van der Waals surface area (Å²) in [5, 5.41) is 9.85. The maximum Gasteiger partial charge on any atom is 0.225 e. The number of aliphatic hydroxyl groups is 1. The molecule has 3 aliphatic heterocycles. The lowest BCUT2D eigenvalue weighted by atomic mass is 9.84. The zero-order valence-corrected chi connectivity index (χ0v) is 16.3. The molecule has 0 spiro atoms. The van der Waals surface area contributed by atoms with Crippen molar-refractivity contribution < 1.29 is 19.4 Å². The van der Waals surface area contributed by atoms with Gasteiger partial charge in [0, 0.05) is 44.4 Å². The maximum atomic E-state index is 12.7. The molecule has 2 saturated heterocycles. The fraction of sp³-hybridized carbons (Fsp3) is 0.667. The summed E-state index contributed by atoms with van der Waals surface area (Å²) in [7, 11) is 4.05. The first-order valence-corrected chi connectivity index (χ1v) is 10.1. The van der Waals surface area contributed by atoms with Crippen LogP contribution in [0, 0.1) is 0 Å². The van der Waals surface area contributed by atoms with E-state index in [1.165, 1.54) is 12.0 Å². The number of carbonyl (C=O) groups is 1. The molecule has 0 unspecified atom stereocenters. The molecule has 1 aromatic carbocycles. The first-order chi connectivity index (χ1) is 13.1. The molecule has 0 aliphatic carbocycles. The summed E-state index contributed by atoms with van der Waals surface area (Å²) in [5.41, 5.74) is 2.30. The van der Waals surface area contributed by atoms with E-state index >= 15 is 0 Å². The normalized spacial score (nSPS) is 29.7. The van der Waals surface area contributed by atoms with Crippen molar-refractivity contribution in [3.05, 3.63) is 23.8 Å². The van der Waals surface area contributed by atoms with Crippen molar-refractivity contribution in [1.29, 1.82) is 0 Å². The summed E-state index contributed by atoms with van der Waals surface area (Å²) in [6.45, 7) is 1.63. The average molecular weight is 374 g/mol. The monoisotopic (exact) mass is 374 g/mol. The van der Waals surface area contributed by atoms with Gasteiger partial charge in [-0.25, -0.2) is 0 Å². The van der Waals surface area contributed by atoms with E-state index in [1.807, 2.05) is 31.1 Å². The minimum atomic E-state index is -0.391. The van der Waals surface area contributed by atoms with Gasteiger partial charge in [0.05, 0.1) is 19.1 Å². The molecule has 2 fully saturated rings. The Morgan fingerprint density at radius 1 is 1.26 bits per heavy atom. The Morgan fingerprint density at radius 3 is 2.74 bits per heavy atom. The smallest absolute Gasteiger partial charge is 0.225 e. The van der Waals surface area contributed by atoms with E-state index in [1.54, 1.807) is 0 Å². The molecule has 27 heavy (non-hydrogen) atoms. The van der Waals surface area contributed by atoms with Gasteiger partial charge in [0.1, 0.15) is 18.0 Å². The van der Waals surface area contributed by atoms with Gasteiger partial charge in [-0.1, -0.05) is 0 Å². The van der Waals surface area contributed by atoms with Crippen molar-refractivity contribution in [2.75, 3.05) is 38.7 Å². The summed E-state index contributed by atoms with van der Waals surface area (Å²) in [4.78, 5) is 16.7. The lowest BCUT2D eigenvalue weighted by Gasteiger charge is -2.38. The number of carbonyl (C=O) groups excluding carboxylic acids is 1. The number of rotatable bonds is 4. The summed E-state index contributed by atoms with van der Waals surface area (Å²) >= 11 is 0. The third-order valence-corrected chi connectivity index (χ3v) is 6.11. The van der Waals surface area contributed by atoms with Gasteiger partial charge in [-0.15, -0.1) is 0 Å². The molecule has 4 atom stereocenters. The molecular weight excluding hydrogens is 344 g/mol. The minimum absolute atomic E-state index is 0.0932. The molecule has 0 bridgehead atoms. The molecule has 0 radical (unpaired) electrons. The Labute approximate surface area is 161 Å². The third kappa shape index (κ3) is 3.65. The van der Waals surface area contributed by atoms with Gasteiger partial charge in [-0.05, 0) is 43.9 Å². The highest BCUT2D eigenvalue weighted by Crippen LogP contribution is 2.47. The van der Waals surface area contributed by atoms with Crippen LogP contribution in [0.3, 0.4) is 0 Å². The van der Waals surface area contributed by atoms with Crippen LogP contribution in [0.4, 0.5) is 5.69 Å². The number of likely N-dealkylation sites (tertiary alicyclic amines) is 1. The van der Waals surface area contributed by atoms with E-state index in [4.69, 9.17) is 9.47 Å². The molecular formula is C21H30N2O4. The molecule has 1 N–H and O–H groups in total. The van der Waals surface area contributed by atoms with Crippen LogP contribution in [0.1, 0.15) is 43.6 Å². The fourth-order valence-corrected chi connectivity index (χ4v) is 4.62. The number of hydrogen-bond acceptors (Lipinski definition) is 5. The predicted molar refractivity (Wildman–Crippen MR) is 103 cm³/mol. The van der Waals surface area contributed by atoms with Gasteiger partial charge in [-0.2, -0.15) is 0 Å². The lowest BCUT2D eigenvalue weighted by molar-refractivity contribution is -0.149. The SMILES string of the molecule is CN(C)c1ccc2c(c1)[C@@H]1C[C@@H](CC(=O)N3CCCCC3)O[C@H](CO)[C@@H]1O2. The summed E-state index contributed by atoms with van der Waals surface area (Å²) < 4.78 is 12.2. The Morgan fingerprint density at radius 2 is 2.04 bits per heavy atom. The summed E-state index contributed by atoms with van der Waals surface area (Å²) in [6, 6.07) is 6.22. The van der Waals surface area contributed by atoms with Crippen LogP contribution in [-0.4, -0.2) is 68.0 Å². The number of nitrogens with zero attached hydrogens (tertiary/aromatic N) is 2. The summed E-state index contributed by atoms with van der Waals surface area (Å²) in [5.74, 6) is 1.21. The van der Waals surface area contributed by atoms with Gasteiger partial charge in [0.25, 0.3) is 0 Å². The van der Waals surface area contributed by atoms with Gasteiger partial charge in [-0.3, -0.25) is 4.79 Å². The van der Waals surface area contributed by atoms with E-state index in [-0.39, 0.29) is 30.6 Å². The second-order valence-electron chi connectivity index (χ2n) is 8.17. The third-order valence-electron chi connectivity index (χ3n) is 6.11. The largest absolute Gasteiger partial charge is 0.487 e. The molecule has 4 rings (SSSR count). The van der Waals surface area contributed by atoms with Crippen LogP contribution in [0.2, 0.25) is 0 Å². The molecule has 148 valence electrons. The topological polar surface area (TPSA) is 62.2 Å². The van der Waals surface area contributed by atoms with Crippen LogP contribution in [0.5, 0.6) is 5.75 Å². The maximum absolute atomic E-state index is 12.7. The number of fused-ring (bicyclic) bond motifs is 3.